The van der Waals surface area contributed by atoms with Crippen molar-refractivity contribution in [3.05, 3.63) is 0 Å². The fraction of sp³-hybridized carbons (Fsp3) is 0.865. The van der Waals surface area contributed by atoms with E-state index in [4.69, 9.17) is 0 Å². The molecule has 13 heteroatoms. The molecule has 5 rings (SSSR count). The van der Waals surface area contributed by atoms with Crippen LogP contribution in [0, 0.1) is 28.6 Å². The minimum Gasteiger partial charge on any atom is -0.347 e. The molecule has 0 radical (unpaired) electrons. The number of carbonyl (C=O) groups is 5. The molecule has 1 heterocycles. The van der Waals surface area contributed by atoms with Crippen LogP contribution in [0.5, 0.6) is 0 Å². The third-order valence-electron chi connectivity index (χ3n) is 12.1. The lowest BCUT2D eigenvalue weighted by Gasteiger charge is -2.41. The van der Waals surface area contributed by atoms with Gasteiger partial charge < -0.3 is 26.2 Å². The number of nitrogens with one attached hydrogen (secondary N) is 4. The van der Waals surface area contributed by atoms with Crippen molar-refractivity contribution in [2.45, 2.75) is 160 Å². The fourth-order valence-electron chi connectivity index (χ4n) is 8.13. The Morgan fingerprint density at radius 2 is 1.50 bits per heavy atom. The first kappa shape index (κ1) is 38.5. The van der Waals surface area contributed by atoms with Crippen LogP contribution in [-0.2, 0) is 29.0 Å². The van der Waals surface area contributed by atoms with Gasteiger partial charge in [-0.2, -0.15) is 0 Å². The molecular formula is C37H61N5O7S. The first-order valence-corrected chi connectivity index (χ1v) is 20.5. The summed E-state index contributed by atoms with van der Waals surface area (Å²) in [6, 6.07) is -3.45. The second-order valence-electron chi connectivity index (χ2n) is 18.7. The van der Waals surface area contributed by atoms with E-state index in [0.29, 0.717) is 31.7 Å². The van der Waals surface area contributed by atoms with Gasteiger partial charge in [0.2, 0.25) is 17.6 Å². The molecule has 0 bridgehead atoms. The minimum absolute atomic E-state index is 0.0112. The summed E-state index contributed by atoms with van der Waals surface area (Å²) in [4.78, 5) is 70.1. The zero-order valence-electron chi connectivity index (χ0n) is 31.4. The Morgan fingerprint density at radius 3 is 2.04 bits per heavy atom. The molecule has 0 unspecified atom stereocenters. The van der Waals surface area contributed by atoms with E-state index < -0.39 is 73.2 Å². The normalized spacial score (nSPS) is 27.0. The molecule has 12 nitrogen and oxygen atoms in total. The number of hydrogen-bond donors (Lipinski definition) is 4. The van der Waals surface area contributed by atoms with Gasteiger partial charge in [-0.15, -0.1) is 0 Å². The molecule has 4 saturated carbocycles. The molecule has 1 saturated heterocycles. The quantitative estimate of drug-likeness (QED) is 0.211. The van der Waals surface area contributed by atoms with Crippen molar-refractivity contribution in [2.75, 3.05) is 12.3 Å². The number of nitrogens with zero attached hydrogens (tertiary/aromatic N) is 1. The summed E-state index contributed by atoms with van der Waals surface area (Å²) in [6.45, 7) is 15.0. The summed E-state index contributed by atoms with van der Waals surface area (Å²) in [5, 5.41) is 11.6. The average Bonchev–Trinajstić information content (AvgIpc) is 3.95. The summed E-state index contributed by atoms with van der Waals surface area (Å²) in [5.74, 6) is -1.92. The Hall–Kier alpha value is -2.70. The second kappa shape index (κ2) is 13.7. The number of ketones is 1. The highest BCUT2D eigenvalue weighted by atomic mass is 32.2. The van der Waals surface area contributed by atoms with E-state index in [1.807, 2.05) is 20.8 Å². The molecule has 4 N–H and O–H groups in total. The van der Waals surface area contributed by atoms with Gasteiger partial charge in [-0.05, 0) is 87.9 Å². The van der Waals surface area contributed by atoms with Crippen LogP contribution in [0.2, 0.25) is 0 Å². The number of hydrogen-bond acceptors (Lipinski definition) is 7. The number of urea groups is 1. The zero-order chi connectivity index (χ0) is 37.0. The highest BCUT2D eigenvalue weighted by molar-refractivity contribution is 7.92. The van der Waals surface area contributed by atoms with Crippen LogP contribution < -0.4 is 21.3 Å². The lowest BCUT2D eigenvalue weighted by molar-refractivity contribution is -0.145. The number of Topliss-reactive ketones (excluding diaryl/α,β-unsaturated/α-hetero) is 1. The molecular weight excluding hydrogens is 659 g/mol. The van der Waals surface area contributed by atoms with Gasteiger partial charge in [0.05, 0.1) is 22.1 Å². The summed E-state index contributed by atoms with van der Waals surface area (Å²) in [6.07, 6.45) is 8.52. The third kappa shape index (κ3) is 8.49. The number of likely N-dealkylation sites (tertiary alicyclic amines) is 1. The van der Waals surface area contributed by atoms with Crippen molar-refractivity contribution in [1.82, 2.24) is 26.2 Å². The molecule has 50 heavy (non-hydrogen) atoms. The van der Waals surface area contributed by atoms with Crippen LogP contribution in [0.15, 0.2) is 0 Å². The Morgan fingerprint density at radius 1 is 0.880 bits per heavy atom. The minimum atomic E-state index is -3.56. The predicted octanol–water partition coefficient (Wildman–Crippen LogP) is 3.62. The summed E-state index contributed by atoms with van der Waals surface area (Å²) in [7, 11) is -3.56. The maximum Gasteiger partial charge on any atom is 0.315 e. The van der Waals surface area contributed by atoms with Gasteiger partial charge >= 0.3 is 6.03 Å². The Kier molecular flexibility index (Phi) is 10.6. The van der Waals surface area contributed by atoms with E-state index in [9.17, 15) is 32.4 Å². The number of amides is 5. The van der Waals surface area contributed by atoms with Gasteiger partial charge in [-0.3, -0.25) is 19.2 Å². The van der Waals surface area contributed by atoms with Gasteiger partial charge in [0.1, 0.15) is 12.1 Å². The van der Waals surface area contributed by atoms with Crippen molar-refractivity contribution in [3.8, 4) is 0 Å². The molecule has 5 aliphatic rings. The number of fused-ring (bicyclic) bond motifs is 1. The van der Waals surface area contributed by atoms with Gasteiger partial charge in [0.15, 0.2) is 9.84 Å². The molecule has 5 amide bonds. The van der Waals surface area contributed by atoms with E-state index in [1.165, 1.54) is 0 Å². The van der Waals surface area contributed by atoms with E-state index >= 15 is 0 Å². The standard InChI is InChI=1S/C37H61N5O7S/c1-34(2,3)29(40-33(47)41-37(18-10-9-11-19-37)21-50(48,49)35(4,5)6)32(46)42-20-24-26(36(24,7)8)27(42)30(44)39-25(17-14-22-12-13-22)28(43)31(45)38-23-15-16-23/h22-27,29H,9-21H2,1-8H3,(H,38,45)(H,39,44)(H2,40,41,47)/t24-,25-,26-,27-,29-/m0/s1. The highest BCUT2D eigenvalue weighted by Gasteiger charge is 2.70. The van der Waals surface area contributed by atoms with Gasteiger partial charge in [-0.1, -0.05) is 66.7 Å². The topological polar surface area (TPSA) is 171 Å². The molecule has 0 aromatic rings. The van der Waals surface area contributed by atoms with Crippen LogP contribution >= 0.6 is 0 Å². The van der Waals surface area contributed by atoms with Crippen molar-refractivity contribution in [3.63, 3.8) is 0 Å². The van der Waals surface area contributed by atoms with E-state index in [1.54, 1.807) is 25.7 Å². The van der Waals surface area contributed by atoms with Crippen LogP contribution in [0.3, 0.4) is 0 Å². The van der Waals surface area contributed by atoms with Crippen molar-refractivity contribution in [2.24, 2.45) is 28.6 Å². The first-order chi connectivity index (χ1) is 23.1. The zero-order valence-corrected chi connectivity index (χ0v) is 32.3. The largest absolute Gasteiger partial charge is 0.347 e. The molecule has 0 aromatic heterocycles. The van der Waals surface area contributed by atoms with Crippen LogP contribution in [0.25, 0.3) is 0 Å². The molecule has 0 spiro atoms. The maximum absolute atomic E-state index is 14.5. The Bertz CT molecular complexity index is 1470. The lowest BCUT2D eigenvalue weighted by Crippen LogP contribution is -2.64. The van der Waals surface area contributed by atoms with Crippen molar-refractivity contribution < 1.29 is 32.4 Å². The number of rotatable bonds is 13. The molecule has 4 aliphatic carbocycles. The number of sulfone groups is 1. The fourth-order valence-corrected chi connectivity index (χ4v) is 9.65. The summed E-state index contributed by atoms with van der Waals surface area (Å²) < 4.78 is 25.7. The van der Waals surface area contributed by atoms with Crippen molar-refractivity contribution in [1.29, 1.82) is 0 Å². The van der Waals surface area contributed by atoms with Crippen LogP contribution in [0.1, 0.15) is 126 Å². The molecule has 0 aromatic carbocycles. The van der Waals surface area contributed by atoms with Crippen LogP contribution in [0.4, 0.5) is 4.79 Å². The monoisotopic (exact) mass is 719 g/mol. The van der Waals surface area contributed by atoms with Gasteiger partial charge in [0, 0.05) is 12.6 Å². The molecule has 5 atom stereocenters. The smallest absolute Gasteiger partial charge is 0.315 e. The lowest BCUT2D eigenvalue weighted by atomic mass is 9.83. The first-order valence-electron chi connectivity index (χ1n) is 18.8. The second-order valence-corrected chi connectivity index (χ2v) is 21.4. The van der Waals surface area contributed by atoms with E-state index in [0.717, 1.165) is 51.4 Å². The Labute approximate surface area is 298 Å². The summed E-state index contributed by atoms with van der Waals surface area (Å²) in [5.41, 5.74) is -1.89. The van der Waals surface area contributed by atoms with Crippen LogP contribution in [-0.4, -0.2) is 89.6 Å². The molecule has 282 valence electrons. The predicted molar refractivity (Wildman–Crippen MR) is 191 cm³/mol. The van der Waals surface area contributed by atoms with Gasteiger partial charge in [-0.25, -0.2) is 13.2 Å². The van der Waals surface area contributed by atoms with Gasteiger partial charge in [0.25, 0.3) is 5.91 Å². The maximum atomic E-state index is 14.5. The average molecular weight is 720 g/mol. The third-order valence-corrected chi connectivity index (χ3v) is 14.9. The SMILES string of the molecule is CC(C)(C)[C@@H](NC(=O)NC1(CS(=O)(=O)C(C)(C)C)CCCCC1)C(=O)N1C[C@H]2[C@@H]([C@H]1C(=O)N[C@@H](CCC1CC1)C(=O)C(=O)NC1CC1)C2(C)C. The van der Waals surface area contributed by atoms with E-state index in [2.05, 4.69) is 35.1 Å². The Balaban J connectivity index is 1.33. The molecule has 1 aliphatic heterocycles. The number of piperidine rings is 1. The van der Waals surface area contributed by atoms with Crippen molar-refractivity contribution >= 4 is 39.4 Å². The van der Waals surface area contributed by atoms with E-state index in [-0.39, 0.29) is 29.0 Å². The molecule has 5 fully saturated rings. The summed E-state index contributed by atoms with van der Waals surface area (Å²) >= 11 is 0. The highest BCUT2D eigenvalue weighted by Crippen LogP contribution is 2.65. The number of carbonyl (C=O) groups excluding carboxylic acids is 5.